The second-order valence-corrected chi connectivity index (χ2v) is 7.34. The first kappa shape index (κ1) is 21.4. The summed E-state index contributed by atoms with van der Waals surface area (Å²) in [5.74, 6) is 0.272. The molecule has 1 N–H and O–H groups in total. The van der Waals surface area contributed by atoms with E-state index in [0.717, 1.165) is 17.8 Å². The van der Waals surface area contributed by atoms with Crippen LogP contribution in [0.15, 0.2) is 42.6 Å². The van der Waals surface area contributed by atoms with E-state index in [1.165, 1.54) is 0 Å². The molecule has 0 bridgehead atoms. The molecule has 1 aliphatic heterocycles. The van der Waals surface area contributed by atoms with Crippen molar-refractivity contribution in [3.8, 4) is 0 Å². The van der Waals surface area contributed by atoms with Gasteiger partial charge in [-0.1, -0.05) is 41.9 Å². The Morgan fingerprint density at radius 2 is 1.86 bits per heavy atom. The number of hydrogen-bond donors (Lipinski definition) is 1. The molecule has 1 atom stereocenters. The molecular weight excluding hydrogens is 405 g/mol. The number of alkyl halides is 3. The summed E-state index contributed by atoms with van der Waals surface area (Å²) in [6.45, 7) is 4.52. The molecule has 0 radical (unpaired) electrons. The van der Waals surface area contributed by atoms with Crippen LogP contribution in [-0.2, 0) is 17.5 Å². The van der Waals surface area contributed by atoms with Gasteiger partial charge in [-0.3, -0.25) is 9.69 Å². The fraction of sp³-hybridized carbons (Fsp3) is 0.400. The molecule has 0 spiro atoms. The van der Waals surface area contributed by atoms with Crippen LogP contribution in [0.2, 0.25) is 5.02 Å². The molecule has 1 aromatic heterocycles. The summed E-state index contributed by atoms with van der Waals surface area (Å²) < 4.78 is 38.3. The molecule has 1 fully saturated rings. The number of carbonyl (C=O) groups is 1. The summed E-state index contributed by atoms with van der Waals surface area (Å²) >= 11 is 6.04. The van der Waals surface area contributed by atoms with E-state index < -0.39 is 11.7 Å². The van der Waals surface area contributed by atoms with Crippen molar-refractivity contribution >= 4 is 23.3 Å². The van der Waals surface area contributed by atoms with Crippen LogP contribution in [0.4, 0.5) is 19.0 Å². The largest absolute Gasteiger partial charge is 0.417 e. The standard InChI is InChI=1S/C20H22ClF3N4O/c1-14(19(29)26-12-15-5-3-2-4-6-15)27-7-9-28(10-8-27)18-17(21)11-16(13-25-18)20(22,23)24/h2-6,11,13-14H,7-10,12H2,1H3,(H,26,29). The number of piperazine rings is 1. The third-order valence-electron chi connectivity index (χ3n) is 5.00. The quantitative estimate of drug-likeness (QED) is 0.794. The van der Waals surface area contributed by atoms with Crippen molar-refractivity contribution in [1.29, 1.82) is 0 Å². The van der Waals surface area contributed by atoms with Gasteiger partial charge in [0.15, 0.2) is 0 Å². The minimum atomic E-state index is -4.48. The lowest BCUT2D eigenvalue weighted by Crippen LogP contribution is -2.54. The number of pyridine rings is 1. The topological polar surface area (TPSA) is 48.5 Å². The Morgan fingerprint density at radius 3 is 2.45 bits per heavy atom. The van der Waals surface area contributed by atoms with E-state index in [1.807, 2.05) is 47.1 Å². The van der Waals surface area contributed by atoms with Gasteiger partial charge >= 0.3 is 6.18 Å². The van der Waals surface area contributed by atoms with Gasteiger partial charge in [0.25, 0.3) is 0 Å². The average molecular weight is 427 g/mol. The molecule has 1 amide bonds. The Morgan fingerprint density at radius 1 is 1.21 bits per heavy atom. The van der Waals surface area contributed by atoms with E-state index in [4.69, 9.17) is 11.6 Å². The normalized spacial score (nSPS) is 16.5. The summed E-state index contributed by atoms with van der Waals surface area (Å²) in [6.07, 6.45) is -3.68. The smallest absolute Gasteiger partial charge is 0.353 e. The van der Waals surface area contributed by atoms with Crippen LogP contribution in [0.5, 0.6) is 0 Å². The Kier molecular flexibility index (Phi) is 6.64. The molecule has 0 saturated carbocycles. The van der Waals surface area contributed by atoms with Crippen molar-refractivity contribution < 1.29 is 18.0 Å². The van der Waals surface area contributed by atoms with Gasteiger partial charge in [-0.2, -0.15) is 13.2 Å². The number of carbonyl (C=O) groups excluding carboxylic acids is 1. The Bertz CT molecular complexity index is 839. The van der Waals surface area contributed by atoms with Gasteiger partial charge in [0, 0.05) is 38.9 Å². The molecule has 1 unspecified atom stereocenters. The first-order valence-corrected chi connectivity index (χ1v) is 9.67. The van der Waals surface area contributed by atoms with Gasteiger partial charge in [-0.25, -0.2) is 4.98 Å². The predicted molar refractivity (Wildman–Crippen MR) is 106 cm³/mol. The number of nitrogens with zero attached hydrogens (tertiary/aromatic N) is 3. The molecule has 5 nitrogen and oxygen atoms in total. The summed E-state index contributed by atoms with van der Waals surface area (Å²) in [7, 11) is 0. The second kappa shape index (κ2) is 9.00. The Hall–Kier alpha value is -2.32. The molecule has 2 aromatic rings. The summed E-state index contributed by atoms with van der Waals surface area (Å²) in [4.78, 5) is 20.2. The van der Waals surface area contributed by atoms with Gasteiger partial charge < -0.3 is 10.2 Å². The molecule has 1 saturated heterocycles. The zero-order valence-electron chi connectivity index (χ0n) is 15.9. The van der Waals surface area contributed by atoms with Crippen LogP contribution in [0.25, 0.3) is 0 Å². The lowest BCUT2D eigenvalue weighted by molar-refractivity contribution is -0.137. The first-order valence-electron chi connectivity index (χ1n) is 9.29. The van der Waals surface area contributed by atoms with E-state index in [-0.39, 0.29) is 17.0 Å². The van der Waals surface area contributed by atoms with Crippen LogP contribution >= 0.6 is 11.6 Å². The maximum atomic E-state index is 12.8. The van der Waals surface area contributed by atoms with Crippen LogP contribution in [-0.4, -0.2) is 48.0 Å². The van der Waals surface area contributed by atoms with Gasteiger partial charge in [0.1, 0.15) is 5.82 Å². The summed E-state index contributed by atoms with van der Waals surface area (Å²) in [5, 5.41) is 2.91. The first-order chi connectivity index (χ1) is 13.8. The molecule has 1 aliphatic rings. The lowest BCUT2D eigenvalue weighted by Gasteiger charge is -2.38. The number of rotatable bonds is 5. The van der Waals surface area contributed by atoms with E-state index in [2.05, 4.69) is 10.3 Å². The summed E-state index contributed by atoms with van der Waals surface area (Å²) in [5.41, 5.74) is 0.162. The number of benzene rings is 1. The monoisotopic (exact) mass is 426 g/mol. The highest BCUT2D eigenvalue weighted by Crippen LogP contribution is 2.33. The number of aromatic nitrogens is 1. The van der Waals surface area contributed by atoms with Crippen molar-refractivity contribution in [3.63, 3.8) is 0 Å². The number of hydrogen-bond acceptors (Lipinski definition) is 4. The van der Waals surface area contributed by atoms with Crippen LogP contribution in [0.3, 0.4) is 0 Å². The number of amides is 1. The zero-order valence-corrected chi connectivity index (χ0v) is 16.7. The van der Waals surface area contributed by atoms with Gasteiger partial charge in [-0.15, -0.1) is 0 Å². The third kappa shape index (κ3) is 5.39. The molecule has 1 aromatic carbocycles. The van der Waals surface area contributed by atoms with Gasteiger partial charge in [0.2, 0.25) is 5.91 Å². The highest BCUT2D eigenvalue weighted by atomic mass is 35.5. The fourth-order valence-corrected chi connectivity index (χ4v) is 3.52. The van der Waals surface area contributed by atoms with Crippen LogP contribution < -0.4 is 10.2 Å². The molecular formula is C20H22ClF3N4O. The molecule has 2 heterocycles. The van der Waals surface area contributed by atoms with Gasteiger partial charge in [-0.05, 0) is 18.6 Å². The van der Waals surface area contributed by atoms with Crippen LogP contribution in [0, 0.1) is 0 Å². The van der Waals surface area contributed by atoms with E-state index in [9.17, 15) is 18.0 Å². The number of halogens is 4. The fourth-order valence-electron chi connectivity index (χ4n) is 3.24. The van der Waals surface area contributed by atoms with Gasteiger partial charge in [0.05, 0.1) is 16.6 Å². The predicted octanol–water partition coefficient (Wildman–Crippen LogP) is 3.58. The second-order valence-electron chi connectivity index (χ2n) is 6.93. The zero-order chi connectivity index (χ0) is 21.0. The minimum absolute atomic E-state index is 0.0260. The maximum absolute atomic E-state index is 12.8. The lowest BCUT2D eigenvalue weighted by atomic mass is 10.2. The van der Waals surface area contributed by atoms with Crippen molar-refractivity contribution in [2.24, 2.45) is 0 Å². The average Bonchev–Trinajstić information content (AvgIpc) is 2.71. The van der Waals surface area contributed by atoms with Crippen LogP contribution in [0.1, 0.15) is 18.1 Å². The third-order valence-corrected chi connectivity index (χ3v) is 5.28. The van der Waals surface area contributed by atoms with Crippen molar-refractivity contribution in [2.45, 2.75) is 25.7 Å². The van der Waals surface area contributed by atoms with E-state index in [0.29, 0.717) is 38.5 Å². The van der Waals surface area contributed by atoms with E-state index >= 15 is 0 Å². The van der Waals surface area contributed by atoms with Crippen molar-refractivity contribution in [3.05, 3.63) is 58.7 Å². The number of nitrogens with one attached hydrogen (secondary N) is 1. The highest BCUT2D eigenvalue weighted by molar-refractivity contribution is 6.33. The highest BCUT2D eigenvalue weighted by Gasteiger charge is 2.33. The van der Waals surface area contributed by atoms with Crippen molar-refractivity contribution in [1.82, 2.24) is 15.2 Å². The van der Waals surface area contributed by atoms with E-state index in [1.54, 1.807) is 0 Å². The SMILES string of the molecule is CC(C(=O)NCc1ccccc1)N1CCN(c2ncc(C(F)(F)F)cc2Cl)CC1. The van der Waals surface area contributed by atoms with Crippen molar-refractivity contribution in [2.75, 3.05) is 31.1 Å². The summed E-state index contributed by atoms with van der Waals surface area (Å²) in [6, 6.07) is 10.3. The maximum Gasteiger partial charge on any atom is 0.417 e. The molecule has 29 heavy (non-hydrogen) atoms. The molecule has 156 valence electrons. The Labute approximate surface area is 172 Å². The Balaban J connectivity index is 1.54. The molecule has 0 aliphatic carbocycles. The molecule has 3 rings (SSSR count). The molecule has 9 heteroatoms. The minimum Gasteiger partial charge on any atom is -0.353 e. The number of anilines is 1.